The highest BCUT2D eigenvalue weighted by Gasteiger charge is 2.27. The summed E-state index contributed by atoms with van der Waals surface area (Å²) in [7, 11) is 0. The first kappa shape index (κ1) is 15.8. The van der Waals surface area contributed by atoms with Crippen LogP contribution in [0.4, 0.5) is 9.93 Å². The van der Waals surface area contributed by atoms with E-state index in [2.05, 4.69) is 25.7 Å². The molecule has 25 heavy (non-hydrogen) atoms. The van der Waals surface area contributed by atoms with E-state index in [0.717, 1.165) is 30.9 Å². The fraction of sp³-hybridized carbons (Fsp3) is 0.400. The molecular weight excluding hydrogens is 340 g/mol. The van der Waals surface area contributed by atoms with Gasteiger partial charge in [-0.3, -0.25) is 4.40 Å². The van der Waals surface area contributed by atoms with E-state index in [9.17, 15) is 4.79 Å². The number of nitrogens with one attached hydrogen (secondary N) is 1. The van der Waals surface area contributed by atoms with E-state index in [0.29, 0.717) is 23.2 Å². The van der Waals surface area contributed by atoms with Crippen LogP contribution in [0.1, 0.15) is 29.6 Å². The second-order valence-corrected chi connectivity index (χ2v) is 7.06. The van der Waals surface area contributed by atoms with E-state index in [1.807, 2.05) is 33.7 Å². The molecule has 1 saturated heterocycles. The van der Waals surface area contributed by atoms with Crippen molar-refractivity contribution in [3.8, 4) is 0 Å². The van der Waals surface area contributed by atoms with Gasteiger partial charge in [0.2, 0.25) is 5.13 Å². The Balaban J connectivity index is 1.42. The first-order chi connectivity index (χ1) is 12.2. The summed E-state index contributed by atoms with van der Waals surface area (Å²) in [5.74, 6) is 1.08. The van der Waals surface area contributed by atoms with E-state index in [1.165, 1.54) is 11.3 Å². The van der Waals surface area contributed by atoms with Crippen LogP contribution in [0.5, 0.6) is 0 Å². The molecule has 1 aliphatic rings. The largest absolute Gasteiger partial charge is 0.374 e. The number of nitrogens with two attached hydrogens (primary N) is 1. The molecule has 0 unspecified atom stereocenters. The van der Waals surface area contributed by atoms with Gasteiger partial charge in [-0.1, -0.05) is 17.4 Å². The van der Waals surface area contributed by atoms with Crippen LogP contribution in [0.3, 0.4) is 0 Å². The molecule has 1 aliphatic heterocycles. The van der Waals surface area contributed by atoms with Gasteiger partial charge in [0.15, 0.2) is 5.65 Å². The molecule has 1 fully saturated rings. The lowest BCUT2D eigenvalue weighted by atomic mass is 9.97. The molecule has 130 valence electrons. The number of amides is 2. The third-order valence-corrected chi connectivity index (χ3v) is 5.04. The minimum Gasteiger partial charge on any atom is -0.374 e. The predicted octanol–water partition coefficient (Wildman–Crippen LogP) is 1.25. The summed E-state index contributed by atoms with van der Waals surface area (Å²) < 4.78 is 2.00. The normalized spacial score (nSPS) is 17.8. The molecular formula is C15H18N8OS. The molecule has 4 rings (SSSR count). The van der Waals surface area contributed by atoms with Crippen LogP contribution in [0.25, 0.3) is 5.65 Å². The SMILES string of the molecule is Nc1nnc(CNC(=O)N2CCC[C@@H](c3nnc4ccccn34)C2)s1. The summed E-state index contributed by atoms with van der Waals surface area (Å²) in [6.45, 7) is 1.69. The zero-order chi connectivity index (χ0) is 17.2. The van der Waals surface area contributed by atoms with Crippen molar-refractivity contribution in [3.63, 3.8) is 0 Å². The molecule has 0 saturated carbocycles. The molecule has 9 nitrogen and oxygen atoms in total. The number of anilines is 1. The third-order valence-electron chi connectivity index (χ3n) is 4.29. The molecule has 3 aromatic rings. The van der Waals surface area contributed by atoms with Crippen LogP contribution in [0, 0.1) is 0 Å². The molecule has 0 bridgehead atoms. The Kier molecular flexibility index (Phi) is 4.18. The van der Waals surface area contributed by atoms with Gasteiger partial charge < -0.3 is 16.0 Å². The lowest BCUT2D eigenvalue weighted by Gasteiger charge is -2.31. The molecule has 10 heteroatoms. The number of urea groups is 1. The molecule has 1 atom stereocenters. The van der Waals surface area contributed by atoms with Crippen LogP contribution in [-0.2, 0) is 6.54 Å². The highest BCUT2D eigenvalue weighted by atomic mass is 32.1. The van der Waals surface area contributed by atoms with Gasteiger partial charge in [-0.05, 0) is 25.0 Å². The number of hydrogen-bond acceptors (Lipinski definition) is 7. The average molecular weight is 358 g/mol. The van der Waals surface area contributed by atoms with E-state index in [-0.39, 0.29) is 11.9 Å². The number of piperidine rings is 1. The van der Waals surface area contributed by atoms with E-state index in [1.54, 1.807) is 0 Å². The quantitative estimate of drug-likeness (QED) is 0.728. The number of hydrogen-bond donors (Lipinski definition) is 2. The maximum atomic E-state index is 12.5. The minimum atomic E-state index is -0.104. The van der Waals surface area contributed by atoms with Gasteiger partial charge in [0, 0.05) is 25.2 Å². The van der Waals surface area contributed by atoms with E-state index in [4.69, 9.17) is 5.73 Å². The van der Waals surface area contributed by atoms with Crippen LogP contribution in [0.2, 0.25) is 0 Å². The van der Waals surface area contributed by atoms with E-state index < -0.39 is 0 Å². The van der Waals surface area contributed by atoms with Gasteiger partial charge in [-0.25, -0.2) is 4.79 Å². The van der Waals surface area contributed by atoms with Crippen molar-refractivity contribution in [1.82, 2.24) is 35.0 Å². The molecule has 2 amide bonds. The Labute approximate surface area is 147 Å². The van der Waals surface area contributed by atoms with Crippen LogP contribution in [0.15, 0.2) is 24.4 Å². The molecule has 3 N–H and O–H groups in total. The van der Waals surface area contributed by atoms with Gasteiger partial charge in [0.1, 0.15) is 10.8 Å². The smallest absolute Gasteiger partial charge is 0.317 e. The van der Waals surface area contributed by atoms with Gasteiger partial charge in [-0.15, -0.1) is 20.4 Å². The zero-order valence-corrected chi connectivity index (χ0v) is 14.3. The summed E-state index contributed by atoms with van der Waals surface area (Å²) in [4.78, 5) is 14.3. The first-order valence-corrected chi connectivity index (χ1v) is 8.92. The molecule has 4 heterocycles. The van der Waals surface area contributed by atoms with Crippen molar-refractivity contribution < 1.29 is 4.79 Å². The average Bonchev–Trinajstić information content (AvgIpc) is 3.26. The number of fused-ring (bicyclic) bond motifs is 1. The third kappa shape index (κ3) is 3.25. The zero-order valence-electron chi connectivity index (χ0n) is 13.5. The van der Waals surface area contributed by atoms with Crippen molar-refractivity contribution in [2.45, 2.75) is 25.3 Å². The van der Waals surface area contributed by atoms with Crippen molar-refractivity contribution in [1.29, 1.82) is 0 Å². The molecule has 0 aliphatic carbocycles. The summed E-state index contributed by atoms with van der Waals surface area (Å²) in [6.07, 6.45) is 3.89. The molecule has 0 aromatic carbocycles. The summed E-state index contributed by atoms with van der Waals surface area (Å²) >= 11 is 1.28. The lowest BCUT2D eigenvalue weighted by Crippen LogP contribution is -2.45. The number of rotatable bonds is 3. The molecule has 3 aromatic heterocycles. The van der Waals surface area contributed by atoms with Crippen molar-refractivity contribution in [3.05, 3.63) is 35.2 Å². The van der Waals surface area contributed by atoms with Gasteiger partial charge in [-0.2, -0.15) is 0 Å². The van der Waals surface area contributed by atoms with Gasteiger partial charge in [0.05, 0.1) is 6.54 Å². The first-order valence-electron chi connectivity index (χ1n) is 8.11. The van der Waals surface area contributed by atoms with E-state index >= 15 is 0 Å². The second kappa shape index (κ2) is 6.63. The van der Waals surface area contributed by atoms with Crippen LogP contribution in [-0.4, -0.2) is 48.8 Å². The molecule has 0 radical (unpaired) electrons. The van der Waals surface area contributed by atoms with Crippen LogP contribution < -0.4 is 11.1 Å². The minimum absolute atomic E-state index is 0.104. The maximum absolute atomic E-state index is 12.5. The number of nitrogen functional groups attached to an aromatic ring is 1. The van der Waals surface area contributed by atoms with Crippen LogP contribution >= 0.6 is 11.3 Å². The fourth-order valence-electron chi connectivity index (χ4n) is 3.11. The summed E-state index contributed by atoms with van der Waals surface area (Å²) in [5.41, 5.74) is 6.38. The summed E-state index contributed by atoms with van der Waals surface area (Å²) in [6, 6.07) is 5.72. The predicted molar refractivity (Wildman–Crippen MR) is 93.1 cm³/mol. The Morgan fingerprint density at radius 3 is 3.08 bits per heavy atom. The Morgan fingerprint density at radius 2 is 2.24 bits per heavy atom. The highest BCUT2D eigenvalue weighted by molar-refractivity contribution is 7.15. The number of aromatic nitrogens is 5. The number of likely N-dealkylation sites (tertiary alicyclic amines) is 1. The van der Waals surface area contributed by atoms with Gasteiger partial charge >= 0.3 is 6.03 Å². The molecule has 0 spiro atoms. The lowest BCUT2D eigenvalue weighted by molar-refractivity contribution is 0.177. The number of nitrogens with zero attached hydrogens (tertiary/aromatic N) is 6. The van der Waals surface area contributed by atoms with Gasteiger partial charge in [0.25, 0.3) is 0 Å². The Bertz CT molecular complexity index is 890. The van der Waals surface area contributed by atoms with Crippen molar-refractivity contribution in [2.24, 2.45) is 0 Å². The number of carbonyl (C=O) groups excluding carboxylic acids is 1. The fourth-order valence-corrected chi connectivity index (χ4v) is 3.66. The Hall–Kier alpha value is -2.75. The highest BCUT2D eigenvalue weighted by Crippen LogP contribution is 2.26. The monoisotopic (exact) mass is 358 g/mol. The Morgan fingerprint density at radius 1 is 1.32 bits per heavy atom. The standard InChI is InChI=1S/C15H18N8OS/c16-14-21-19-12(25-14)8-17-15(24)22-6-3-4-10(9-22)13-20-18-11-5-1-2-7-23(11)13/h1-2,5,7,10H,3-4,6,8-9H2,(H2,16,21)(H,17,24)/t10-/m1/s1. The number of carbonyl (C=O) groups is 1. The van der Waals surface area contributed by atoms with Crippen molar-refractivity contribution >= 4 is 28.1 Å². The topological polar surface area (TPSA) is 114 Å². The second-order valence-electron chi connectivity index (χ2n) is 5.96. The number of pyridine rings is 1. The maximum Gasteiger partial charge on any atom is 0.317 e. The van der Waals surface area contributed by atoms with Crippen molar-refractivity contribution in [2.75, 3.05) is 18.8 Å². The summed E-state index contributed by atoms with van der Waals surface area (Å²) in [5, 5.41) is 20.2.